The molecule has 4 nitrogen and oxygen atoms in total. The predicted octanol–water partition coefficient (Wildman–Crippen LogP) is 2.81. The second-order valence-electron chi connectivity index (χ2n) is 5.52. The Morgan fingerprint density at radius 3 is 2.91 bits per heavy atom. The molecule has 3 N–H and O–H groups in total. The van der Waals surface area contributed by atoms with Crippen LogP contribution in [0.4, 0.5) is 14.5 Å². The molecule has 0 fully saturated rings. The Kier molecular flexibility index (Phi) is 2.56. The molecule has 4 rings (SSSR count). The van der Waals surface area contributed by atoms with Gasteiger partial charge >= 0.3 is 0 Å². The number of aliphatic hydroxyl groups is 1. The molecule has 0 bridgehead atoms. The van der Waals surface area contributed by atoms with Crippen LogP contribution in [0.1, 0.15) is 17.2 Å². The normalized spacial score (nSPS) is 19.5. The molecule has 6 heteroatoms. The Morgan fingerprint density at radius 1 is 1.27 bits per heavy atom. The highest BCUT2D eigenvalue weighted by Gasteiger charge is 2.48. The molecule has 1 aromatic carbocycles. The average molecular weight is 301 g/mol. The molecule has 0 saturated heterocycles. The fourth-order valence-electron chi connectivity index (χ4n) is 3.11. The van der Waals surface area contributed by atoms with E-state index >= 15 is 0 Å². The number of halogens is 2. The Hall–Kier alpha value is -2.47. The van der Waals surface area contributed by atoms with E-state index < -0.39 is 18.4 Å². The number of hydrogen-bond acceptors (Lipinski definition) is 3. The third kappa shape index (κ3) is 1.67. The van der Waals surface area contributed by atoms with Crippen LogP contribution in [0.15, 0.2) is 42.7 Å². The summed E-state index contributed by atoms with van der Waals surface area (Å²) in [6.45, 7) is 0. The molecule has 112 valence electrons. The van der Waals surface area contributed by atoms with Crippen LogP contribution in [0.25, 0.3) is 16.9 Å². The molecule has 1 atom stereocenters. The van der Waals surface area contributed by atoms with Crippen LogP contribution >= 0.6 is 0 Å². The van der Waals surface area contributed by atoms with Gasteiger partial charge in [0.05, 0.1) is 17.6 Å². The van der Waals surface area contributed by atoms with Crippen LogP contribution in [-0.2, 0) is 6.42 Å². The van der Waals surface area contributed by atoms with Crippen LogP contribution in [0.3, 0.4) is 0 Å². The molecule has 22 heavy (non-hydrogen) atoms. The second kappa shape index (κ2) is 4.27. The van der Waals surface area contributed by atoms with Crippen LogP contribution in [0, 0.1) is 0 Å². The van der Waals surface area contributed by atoms with Gasteiger partial charge in [0.25, 0.3) is 5.92 Å². The minimum Gasteiger partial charge on any atom is -0.396 e. The van der Waals surface area contributed by atoms with E-state index in [1.54, 1.807) is 47.1 Å². The second-order valence-corrected chi connectivity index (χ2v) is 5.52. The summed E-state index contributed by atoms with van der Waals surface area (Å²) in [5.74, 6) is -3.14. The van der Waals surface area contributed by atoms with Crippen molar-refractivity contribution in [1.82, 2.24) is 9.38 Å². The Balaban J connectivity index is 1.99. The van der Waals surface area contributed by atoms with Crippen molar-refractivity contribution in [3.8, 4) is 11.3 Å². The van der Waals surface area contributed by atoms with Crippen molar-refractivity contribution in [2.45, 2.75) is 18.4 Å². The minimum absolute atomic E-state index is 0.275. The highest BCUT2D eigenvalue weighted by molar-refractivity contribution is 5.74. The summed E-state index contributed by atoms with van der Waals surface area (Å²) in [5, 5.41) is 10.0. The number of aromatic nitrogens is 2. The third-order valence-corrected chi connectivity index (χ3v) is 4.14. The number of nitrogen functional groups attached to an aromatic ring is 1. The van der Waals surface area contributed by atoms with Crippen molar-refractivity contribution in [1.29, 1.82) is 0 Å². The number of anilines is 1. The largest absolute Gasteiger partial charge is 0.396 e. The number of benzene rings is 1. The van der Waals surface area contributed by atoms with Gasteiger partial charge in [0.2, 0.25) is 0 Å². The number of pyridine rings is 1. The lowest BCUT2D eigenvalue weighted by molar-refractivity contribution is -0.0966. The van der Waals surface area contributed by atoms with Gasteiger partial charge in [-0.1, -0.05) is 18.2 Å². The molecule has 1 aliphatic carbocycles. The lowest BCUT2D eigenvalue weighted by Crippen LogP contribution is -2.21. The summed E-state index contributed by atoms with van der Waals surface area (Å²) >= 11 is 0. The molecule has 0 aliphatic heterocycles. The van der Waals surface area contributed by atoms with Crippen LogP contribution in [0.2, 0.25) is 0 Å². The van der Waals surface area contributed by atoms with Crippen LogP contribution < -0.4 is 5.73 Å². The van der Waals surface area contributed by atoms with Crippen LogP contribution in [0.5, 0.6) is 0 Å². The molecular weight excluding hydrogens is 288 g/mol. The van der Waals surface area contributed by atoms with E-state index in [1.165, 1.54) is 0 Å². The molecule has 2 aromatic heterocycles. The first-order valence-electron chi connectivity index (χ1n) is 6.88. The fourth-order valence-corrected chi connectivity index (χ4v) is 3.11. The Labute approximate surface area is 124 Å². The topological polar surface area (TPSA) is 63.5 Å². The van der Waals surface area contributed by atoms with Crippen molar-refractivity contribution in [2.75, 3.05) is 5.73 Å². The Morgan fingerprint density at radius 2 is 2.09 bits per heavy atom. The summed E-state index contributed by atoms with van der Waals surface area (Å²) in [6.07, 6.45) is 1.11. The van der Waals surface area contributed by atoms with Crippen molar-refractivity contribution >= 4 is 11.3 Å². The zero-order chi connectivity index (χ0) is 15.5. The van der Waals surface area contributed by atoms with E-state index in [1.807, 2.05) is 0 Å². The standard InChI is InChI=1S/C16H13F2N3O/c17-16(18)7-9-3-1-4-10(13(9)14(16)22)12-8-20-15-11(19)5-2-6-21(12)15/h1-6,8,14,22H,7,19H2. The Bertz CT molecular complexity index is 888. The number of nitrogens with two attached hydrogens (primary N) is 1. The number of rotatable bonds is 1. The summed E-state index contributed by atoms with van der Waals surface area (Å²) in [5.41, 5.74) is 8.88. The zero-order valence-electron chi connectivity index (χ0n) is 11.5. The van der Waals surface area contributed by atoms with Crippen LogP contribution in [-0.4, -0.2) is 20.4 Å². The van der Waals surface area contributed by atoms with Crippen molar-refractivity contribution in [3.63, 3.8) is 0 Å². The summed E-state index contributed by atoms with van der Waals surface area (Å²) in [7, 11) is 0. The van der Waals surface area contributed by atoms with Gasteiger partial charge in [-0.15, -0.1) is 0 Å². The predicted molar refractivity (Wildman–Crippen MR) is 78.7 cm³/mol. The molecule has 3 aromatic rings. The minimum atomic E-state index is -3.14. The highest BCUT2D eigenvalue weighted by atomic mass is 19.3. The number of alkyl halides is 2. The zero-order valence-corrected chi connectivity index (χ0v) is 11.5. The first-order valence-corrected chi connectivity index (χ1v) is 6.88. The number of fused-ring (bicyclic) bond motifs is 2. The molecule has 1 aliphatic rings. The van der Waals surface area contributed by atoms with Gasteiger partial charge in [0.15, 0.2) is 5.65 Å². The number of nitrogens with zero attached hydrogens (tertiary/aromatic N) is 2. The van der Waals surface area contributed by atoms with E-state index in [2.05, 4.69) is 4.98 Å². The molecule has 0 radical (unpaired) electrons. The van der Waals surface area contributed by atoms with E-state index in [4.69, 9.17) is 5.73 Å². The molecule has 0 amide bonds. The first kappa shape index (κ1) is 13.2. The summed E-state index contributed by atoms with van der Waals surface area (Å²) < 4.78 is 29.4. The summed E-state index contributed by atoms with van der Waals surface area (Å²) in [6, 6.07) is 8.55. The first-order chi connectivity index (χ1) is 10.5. The average Bonchev–Trinajstić information content (AvgIpc) is 3.00. The molecule has 2 heterocycles. The monoisotopic (exact) mass is 301 g/mol. The van der Waals surface area contributed by atoms with Gasteiger partial charge in [0, 0.05) is 18.2 Å². The van der Waals surface area contributed by atoms with E-state index in [9.17, 15) is 13.9 Å². The van der Waals surface area contributed by atoms with Crippen molar-refractivity contribution in [2.24, 2.45) is 0 Å². The van der Waals surface area contributed by atoms with Gasteiger partial charge in [0.1, 0.15) is 6.10 Å². The van der Waals surface area contributed by atoms with E-state index in [0.29, 0.717) is 28.2 Å². The summed E-state index contributed by atoms with van der Waals surface area (Å²) in [4.78, 5) is 4.25. The van der Waals surface area contributed by atoms with E-state index in [-0.39, 0.29) is 5.56 Å². The van der Waals surface area contributed by atoms with Gasteiger partial charge in [-0.3, -0.25) is 4.40 Å². The maximum absolute atomic E-state index is 13.8. The fraction of sp³-hybridized carbons (Fsp3) is 0.188. The van der Waals surface area contributed by atoms with Crippen molar-refractivity contribution < 1.29 is 13.9 Å². The van der Waals surface area contributed by atoms with Crippen molar-refractivity contribution in [3.05, 3.63) is 53.9 Å². The lowest BCUT2D eigenvalue weighted by Gasteiger charge is -2.15. The smallest absolute Gasteiger partial charge is 0.281 e. The number of imidazole rings is 1. The quantitative estimate of drug-likeness (QED) is 0.726. The molecule has 1 unspecified atom stereocenters. The van der Waals surface area contributed by atoms with E-state index in [0.717, 1.165) is 0 Å². The van der Waals surface area contributed by atoms with Gasteiger partial charge in [-0.25, -0.2) is 13.8 Å². The maximum Gasteiger partial charge on any atom is 0.281 e. The molecular formula is C16H13F2N3O. The SMILES string of the molecule is Nc1cccn2c(-c3cccc4c3C(O)C(F)(F)C4)cnc12. The van der Waals surface area contributed by atoms with Gasteiger partial charge in [-0.05, 0) is 23.3 Å². The van der Waals surface area contributed by atoms with Gasteiger partial charge in [-0.2, -0.15) is 0 Å². The lowest BCUT2D eigenvalue weighted by atomic mass is 10.00. The highest BCUT2D eigenvalue weighted by Crippen LogP contribution is 2.47. The number of hydrogen-bond donors (Lipinski definition) is 2. The van der Waals surface area contributed by atoms with Gasteiger partial charge < -0.3 is 10.8 Å². The molecule has 0 saturated carbocycles. The third-order valence-electron chi connectivity index (χ3n) is 4.14. The maximum atomic E-state index is 13.8. The number of aliphatic hydroxyl groups excluding tert-OH is 1. The molecule has 0 spiro atoms.